The molecule has 0 spiro atoms. The number of benzene rings is 1. The van der Waals surface area contributed by atoms with Crippen LogP contribution in [0, 0.1) is 13.8 Å². The number of carbonyl (C=O) groups excluding carboxylic acids is 1. The van der Waals surface area contributed by atoms with Crippen LogP contribution in [0.25, 0.3) is 0 Å². The van der Waals surface area contributed by atoms with Gasteiger partial charge >= 0.3 is 0 Å². The molecule has 7 nitrogen and oxygen atoms in total. The van der Waals surface area contributed by atoms with Crippen molar-refractivity contribution in [2.75, 3.05) is 39.3 Å². The van der Waals surface area contributed by atoms with Crippen LogP contribution in [0.4, 0.5) is 0 Å². The molecule has 0 aliphatic carbocycles. The van der Waals surface area contributed by atoms with Crippen LogP contribution in [-0.4, -0.2) is 79.3 Å². The lowest BCUT2D eigenvalue weighted by molar-refractivity contribution is -0.0457. The molecule has 0 N–H and O–H groups in total. The van der Waals surface area contributed by atoms with Crippen molar-refractivity contribution in [3.8, 4) is 0 Å². The zero-order valence-electron chi connectivity index (χ0n) is 16.5. The highest BCUT2D eigenvalue weighted by Gasteiger charge is 2.37. The molecule has 0 bridgehead atoms. The average Bonchev–Trinajstić information content (AvgIpc) is 2.59. The summed E-state index contributed by atoms with van der Waals surface area (Å²) in [6.07, 6.45) is -0.230. The van der Waals surface area contributed by atoms with E-state index in [4.69, 9.17) is 4.74 Å². The summed E-state index contributed by atoms with van der Waals surface area (Å²) in [5.41, 5.74) is 2.77. The molecule has 0 radical (unpaired) electrons. The Morgan fingerprint density at radius 3 is 1.96 bits per heavy atom. The second-order valence-corrected chi connectivity index (χ2v) is 9.58. The van der Waals surface area contributed by atoms with E-state index in [0.29, 0.717) is 44.8 Å². The maximum Gasteiger partial charge on any atom is 0.282 e. The van der Waals surface area contributed by atoms with Crippen molar-refractivity contribution in [3.63, 3.8) is 0 Å². The van der Waals surface area contributed by atoms with Crippen molar-refractivity contribution in [2.45, 2.75) is 39.9 Å². The number of piperazine rings is 1. The lowest BCUT2D eigenvalue weighted by Crippen LogP contribution is -2.57. The molecular formula is C19H29N3O4S. The van der Waals surface area contributed by atoms with E-state index in [-0.39, 0.29) is 18.1 Å². The summed E-state index contributed by atoms with van der Waals surface area (Å²) in [4.78, 5) is 14.5. The highest BCUT2D eigenvalue weighted by atomic mass is 32.2. The molecule has 8 heteroatoms. The Hall–Kier alpha value is -1.48. The van der Waals surface area contributed by atoms with Gasteiger partial charge in [-0.15, -0.1) is 0 Å². The molecule has 0 saturated carbocycles. The number of hydrogen-bond acceptors (Lipinski definition) is 4. The minimum Gasteiger partial charge on any atom is -0.373 e. The first kappa shape index (κ1) is 20.3. The van der Waals surface area contributed by atoms with Crippen molar-refractivity contribution < 1.29 is 17.9 Å². The van der Waals surface area contributed by atoms with E-state index in [9.17, 15) is 13.2 Å². The molecule has 0 aromatic heterocycles. The third-order valence-corrected chi connectivity index (χ3v) is 7.00. The molecule has 1 amide bonds. The zero-order chi connectivity index (χ0) is 19.8. The summed E-state index contributed by atoms with van der Waals surface area (Å²) >= 11 is 0. The molecule has 2 heterocycles. The number of aryl methyl sites for hydroxylation is 2. The van der Waals surface area contributed by atoms with Gasteiger partial charge in [0.2, 0.25) is 0 Å². The van der Waals surface area contributed by atoms with Crippen LogP contribution in [0.5, 0.6) is 0 Å². The number of nitrogens with zero attached hydrogens (tertiary/aromatic N) is 3. The monoisotopic (exact) mass is 395 g/mol. The van der Waals surface area contributed by atoms with Crippen LogP contribution in [0.3, 0.4) is 0 Å². The molecule has 1 aromatic rings. The van der Waals surface area contributed by atoms with Crippen LogP contribution in [0.2, 0.25) is 0 Å². The lowest BCUT2D eigenvalue weighted by atomic mass is 10.1. The number of morpholine rings is 1. The minimum atomic E-state index is -3.53. The van der Waals surface area contributed by atoms with Gasteiger partial charge in [-0.3, -0.25) is 4.79 Å². The molecule has 2 fully saturated rings. The van der Waals surface area contributed by atoms with Gasteiger partial charge in [0.15, 0.2) is 0 Å². The van der Waals surface area contributed by atoms with Crippen molar-refractivity contribution in [3.05, 3.63) is 34.9 Å². The highest BCUT2D eigenvalue weighted by molar-refractivity contribution is 7.86. The molecule has 2 saturated heterocycles. The van der Waals surface area contributed by atoms with Gasteiger partial charge in [0.25, 0.3) is 16.1 Å². The first-order valence-corrected chi connectivity index (χ1v) is 10.8. The van der Waals surface area contributed by atoms with Crippen LogP contribution >= 0.6 is 0 Å². The first-order chi connectivity index (χ1) is 12.7. The third-order valence-electron chi connectivity index (χ3n) is 5.03. The number of hydrogen-bond donors (Lipinski definition) is 0. The van der Waals surface area contributed by atoms with Crippen LogP contribution < -0.4 is 0 Å². The maximum absolute atomic E-state index is 13.0. The summed E-state index contributed by atoms with van der Waals surface area (Å²) < 4.78 is 34.6. The van der Waals surface area contributed by atoms with Gasteiger partial charge in [0.1, 0.15) is 0 Å². The highest BCUT2D eigenvalue weighted by Crippen LogP contribution is 2.20. The van der Waals surface area contributed by atoms with Crippen molar-refractivity contribution >= 4 is 16.1 Å². The van der Waals surface area contributed by atoms with E-state index in [0.717, 1.165) is 11.1 Å². The Labute approximate surface area is 162 Å². The number of rotatable bonds is 3. The summed E-state index contributed by atoms with van der Waals surface area (Å²) in [6.45, 7) is 9.90. The predicted octanol–water partition coefficient (Wildman–Crippen LogP) is 1.42. The molecule has 3 rings (SSSR count). The molecular weight excluding hydrogens is 366 g/mol. The Balaban J connectivity index is 1.65. The fourth-order valence-corrected chi connectivity index (χ4v) is 5.63. The fraction of sp³-hybridized carbons (Fsp3) is 0.632. The molecule has 2 aliphatic rings. The fourth-order valence-electron chi connectivity index (χ4n) is 3.89. The zero-order valence-corrected chi connectivity index (χ0v) is 17.3. The van der Waals surface area contributed by atoms with Gasteiger partial charge in [-0.05, 0) is 39.8 Å². The average molecular weight is 396 g/mol. The van der Waals surface area contributed by atoms with E-state index < -0.39 is 10.2 Å². The molecule has 27 heavy (non-hydrogen) atoms. The van der Waals surface area contributed by atoms with E-state index in [2.05, 4.69) is 0 Å². The maximum atomic E-state index is 13.0. The second-order valence-electron chi connectivity index (χ2n) is 7.65. The Morgan fingerprint density at radius 2 is 1.44 bits per heavy atom. The van der Waals surface area contributed by atoms with Gasteiger partial charge < -0.3 is 9.64 Å². The second kappa shape index (κ2) is 7.87. The largest absolute Gasteiger partial charge is 0.373 e. The Kier molecular flexibility index (Phi) is 5.90. The van der Waals surface area contributed by atoms with E-state index in [1.807, 2.05) is 45.9 Å². The SMILES string of the molecule is Cc1cc(C)cc(C(=O)N2CCN(S(=O)(=O)N3CC(C)OC(C)C3)CC2)c1. The van der Waals surface area contributed by atoms with Crippen molar-refractivity contribution in [1.29, 1.82) is 0 Å². The third kappa shape index (κ3) is 4.51. The van der Waals surface area contributed by atoms with Gasteiger partial charge in [-0.1, -0.05) is 17.2 Å². The lowest BCUT2D eigenvalue weighted by Gasteiger charge is -2.40. The molecule has 150 valence electrons. The normalized spacial score (nSPS) is 25.6. The van der Waals surface area contributed by atoms with E-state index in [1.54, 1.807) is 4.90 Å². The molecule has 2 unspecified atom stereocenters. The first-order valence-electron chi connectivity index (χ1n) is 9.45. The van der Waals surface area contributed by atoms with E-state index >= 15 is 0 Å². The summed E-state index contributed by atoms with van der Waals surface area (Å²) in [6, 6.07) is 5.80. The topological polar surface area (TPSA) is 70.2 Å². The van der Waals surface area contributed by atoms with Crippen LogP contribution in [0.15, 0.2) is 18.2 Å². The molecule has 2 aliphatic heterocycles. The summed E-state index contributed by atoms with van der Waals surface area (Å²) in [5, 5.41) is 0. The smallest absolute Gasteiger partial charge is 0.282 e. The molecule has 1 aromatic carbocycles. The summed E-state index contributed by atoms with van der Waals surface area (Å²) in [5.74, 6) is -0.0348. The summed E-state index contributed by atoms with van der Waals surface area (Å²) in [7, 11) is -3.53. The minimum absolute atomic E-state index is 0.0348. The van der Waals surface area contributed by atoms with E-state index in [1.165, 1.54) is 8.61 Å². The van der Waals surface area contributed by atoms with Gasteiger partial charge in [-0.2, -0.15) is 17.0 Å². The van der Waals surface area contributed by atoms with Crippen molar-refractivity contribution in [1.82, 2.24) is 13.5 Å². The Bertz CT molecular complexity index is 773. The van der Waals surface area contributed by atoms with Gasteiger partial charge in [0, 0.05) is 44.8 Å². The standard InChI is InChI=1S/C19H29N3O4S/c1-14-9-15(2)11-18(10-14)19(23)20-5-7-21(8-6-20)27(24,25)22-12-16(3)26-17(4)13-22/h9-11,16-17H,5-8,12-13H2,1-4H3. The van der Waals surface area contributed by atoms with Crippen LogP contribution in [-0.2, 0) is 14.9 Å². The number of amides is 1. The predicted molar refractivity (Wildman–Crippen MR) is 104 cm³/mol. The van der Waals surface area contributed by atoms with Crippen molar-refractivity contribution in [2.24, 2.45) is 0 Å². The number of carbonyl (C=O) groups is 1. The van der Waals surface area contributed by atoms with Gasteiger partial charge in [0.05, 0.1) is 12.2 Å². The number of ether oxygens (including phenoxy) is 1. The Morgan fingerprint density at radius 1 is 0.926 bits per heavy atom. The quantitative estimate of drug-likeness (QED) is 0.776. The molecule has 2 atom stereocenters. The van der Waals surface area contributed by atoms with Crippen LogP contribution in [0.1, 0.15) is 35.3 Å². The van der Waals surface area contributed by atoms with Gasteiger partial charge in [-0.25, -0.2) is 0 Å².